The highest BCUT2D eigenvalue weighted by atomic mass is 16.3. The standard InChI is InChI=1S/C19H18N6O/c1-12-7-18(21-10-17(26)13-9-22-24(2)11-13)25-16-6-4-3-5-15(16)23-19(25)14(12)8-20/h3-7,9,11,17,21,26H,10H2,1-2H3. The number of rotatable bonds is 4. The van der Waals surface area contributed by atoms with E-state index >= 15 is 0 Å². The second-order valence-corrected chi connectivity index (χ2v) is 6.30. The number of nitrogens with zero attached hydrogens (tertiary/aromatic N) is 5. The summed E-state index contributed by atoms with van der Waals surface area (Å²) in [6.45, 7) is 2.21. The summed E-state index contributed by atoms with van der Waals surface area (Å²) in [6, 6.07) is 11.9. The number of para-hydroxylation sites is 2. The van der Waals surface area contributed by atoms with Crippen molar-refractivity contribution >= 4 is 22.5 Å². The van der Waals surface area contributed by atoms with E-state index in [1.807, 2.05) is 48.7 Å². The van der Waals surface area contributed by atoms with Gasteiger partial charge in [0, 0.05) is 25.4 Å². The van der Waals surface area contributed by atoms with Crippen LogP contribution < -0.4 is 5.32 Å². The van der Waals surface area contributed by atoms with Gasteiger partial charge in [-0.05, 0) is 30.7 Å². The molecule has 1 aromatic carbocycles. The zero-order chi connectivity index (χ0) is 18.3. The number of nitrogens with one attached hydrogen (secondary N) is 1. The van der Waals surface area contributed by atoms with Gasteiger partial charge in [-0.25, -0.2) is 4.98 Å². The molecule has 0 aliphatic carbocycles. The van der Waals surface area contributed by atoms with Crippen LogP contribution in [0.25, 0.3) is 16.7 Å². The number of benzene rings is 1. The largest absolute Gasteiger partial charge is 0.386 e. The Labute approximate surface area is 150 Å². The zero-order valence-corrected chi connectivity index (χ0v) is 14.5. The maximum absolute atomic E-state index is 10.4. The van der Waals surface area contributed by atoms with Crippen LogP contribution in [0.5, 0.6) is 0 Å². The normalized spacial score (nSPS) is 12.4. The Hall–Kier alpha value is -3.37. The first-order chi connectivity index (χ1) is 12.6. The molecule has 1 atom stereocenters. The van der Waals surface area contributed by atoms with Gasteiger partial charge in [-0.15, -0.1) is 0 Å². The molecule has 1 unspecified atom stereocenters. The highest BCUT2D eigenvalue weighted by molar-refractivity contribution is 5.85. The van der Waals surface area contributed by atoms with Crippen LogP contribution in [0.2, 0.25) is 0 Å². The fourth-order valence-corrected chi connectivity index (χ4v) is 3.16. The van der Waals surface area contributed by atoms with Crippen LogP contribution in [-0.4, -0.2) is 30.8 Å². The van der Waals surface area contributed by atoms with Crippen molar-refractivity contribution in [2.45, 2.75) is 13.0 Å². The number of nitriles is 1. The molecule has 0 radical (unpaired) electrons. The SMILES string of the molecule is Cc1cc(NCC(O)c2cnn(C)c2)n2c(nc3ccccc32)c1C#N. The Morgan fingerprint density at radius 1 is 1.35 bits per heavy atom. The molecule has 4 aromatic rings. The van der Waals surface area contributed by atoms with E-state index in [-0.39, 0.29) is 0 Å². The summed E-state index contributed by atoms with van der Waals surface area (Å²) in [7, 11) is 1.81. The molecule has 0 saturated carbocycles. The molecular formula is C19H18N6O. The van der Waals surface area contributed by atoms with Crippen LogP contribution in [0, 0.1) is 18.3 Å². The first-order valence-electron chi connectivity index (χ1n) is 8.30. The molecule has 130 valence electrons. The number of aromatic nitrogens is 4. The van der Waals surface area contributed by atoms with Crippen molar-refractivity contribution in [3.05, 3.63) is 59.4 Å². The molecule has 7 heteroatoms. The number of fused-ring (bicyclic) bond motifs is 3. The first kappa shape index (κ1) is 16.1. The molecule has 3 heterocycles. The number of aliphatic hydroxyl groups excluding tert-OH is 1. The second-order valence-electron chi connectivity index (χ2n) is 6.30. The first-order valence-corrected chi connectivity index (χ1v) is 8.30. The Kier molecular flexibility index (Phi) is 3.82. The lowest BCUT2D eigenvalue weighted by atomic mass is 10.1. The third kappa shape index (κ3) is 2.57. The van der Waals surface area contributed by atoms with Crippen molar-refractivity contribution in [2.75, 3.05) is 11.9 Å². The lowest BCUT2D eigenvalue weighted by Gasteiger charge is -2.15. The second kappa shape index (κ2) is 6.17. The van der Waals surface area contributed by atoms with Gasteiger partial charge >= 0.3 is 0 Å². The summed E-state index contributed by atoms with van der Waals surface area (Å²) in [5, 5.41) is 27.3. The number of imidazole rings is 1. The molecule has 2 N–H and O–H groups in total. The van der Waals surface area contributed by atoms with Crippen LogP contribution in [-0.2, 0) is 7.05 Å². The van der Waals surface area contributed by atoms with Crippen molar-refractivity contribution < 1.29 is 5.11 Å². The Bertz CT molecular complexity index is 1150. The molecule has 4 rings (SSSR count). The van der Waals surface area contributed by atoms with E-state index in [9.17, 15) is 10.4 Å². The average molecular weight is 346 g/mol. The van der Waals surface area contributed by atoms with E-state index in [0.29, 0.717) is 17.8 Å². The molecule has 3 aromatic heterocycles. The van der Waals surface area contributed by atoms with Gasteiger partial charge in [0.1, 0.15) is 11.9 Å². The van der Waals surface area contributed by atoms with Crippen molar-refractivity contribution in [1.82, 2.24) is 19.2 Å². The fraction of sp³-hybridized carbons (Fsp3) is 0.211. The molecule has 0 bridgehead atoms. The molecule has 0 aliphatic rings. The summed E-state index contributed by atoms with van der Waals surface area (Å²) in [4.78, 5) is 4.62. The number of hydrogen-bond acceptors (Lipinski definition) is 5. The van der Waals surface area contributed by atoms with Crippen molar-refractivity contribution in [2.24, 2.45) is 7.05 Å². The lowest BCUT2D eigenvalue weighted by Crippen LogP contribution is -2.14. The summed E-state index contributed by atoms with van der Waals surface area (Å²) in [5.74, 6) is 0.785. The van der Waals surface area contributed by atoms with Gasteiger partial charge in [-0.1, -0.05) is 12.1 Å². The van der Waals surface area contributed by atoms with Crippen molar-refractivity contribution in [3.8, 4) is 6.07 Å². The highest BCUT2D eigenvalue weighted by Crippen LogP contribution is 2.27. The molecular weight excluding hydrogens is 328 g/mol. The average Bonchev–Trinajstić information content (AvgIpc) is 3.23. The summed E-state index contributed by atoms with van der Waals surface area (Å²) in [5.41, 5.74) is 4.50. The van der Waals surface area contributed by atoms with E-state index in [1.165, 1.54) is 0 Å². The van der Waals surface area contributed by atoms with Gasteiger partial charge in [0.2, 0.25) is 0 Å². The van der Waals surface area contributed by atoms with Gasteiger partial charge < -0.3 is 10.4 Å². The summed E-state index contributed by atoms with van der Waals surface area (Å²) < 4.78 is 3.59. The van der Waals surface area contributed by atoms with Crippen LogP contribution in [0.15, 0.2) is 42.7 Å². The monoisotopic (exact) mass is 346 g/mol. The quantitative estimate of drug-likeness (QED) is 0.592. The van der Waals surface area contributed by atoms with Gasteiger partial charge in [0.25, 0.3) is 0 Å². The lowest BCUT2D eigenvalue weighted by molar-refractivity contribution is 0.191. The van der Waals surface area contributed by atoms with Gasteiger partial charge in [0.15, 0.2) is 5.65 Å². The smallest absolute Gasteiger partial charge is 0.157 e. The van der Waals surface area contributed by atoms with Crippen LogP contribution in [0.1, 0.15) is 22.8 Å². The molecule has 26 heavy (non-hydrogen) atoms. The Morgan fingerprint density at radius 2 is 2.15 bits per heavy atom. The molecule has 0 spiro atoms. The third-order valence-electron chi connectivity index (χ3n) is 4.47. The van der Waals surface area contributed by atoms with E-state index in [0.717, 1.165) is 28.0 Å². The summed E-state index contributed by atoms with van der Waals surface area (Å²) >= 11 is 0. The van der Waals surface area contributed by atoms with Gasteiger partial charge in [-0.2, -0.15) is 10.4 Å². The fourth-order valence-electron chi connectivity index (χ4n) is 3.16. The number of hydrogen-bond donors (Lipinski definition) is 2. The maximum atomic E-state index is 10.4. The number of aliphatic hydroxyl groups is 1. The maximum Gasteiger partial charge on any atom is 0.157 e. The Balaban J connectivity index is 1.78. The minimum Gasteiger partial charge on any atom is -0.386 e. The summed E-state index contributed by atoms with van der Waals surface area (Å²) in [6.07, 6.45) is 2.75. The van der Waals surface area contributed by atoms with Crippen LogP contribution >= 0.6 is 0 Å². The predicted octanol–water partition coefficient (Wildman–Crippen LogP) is 2.55. The third-order valence-corrected chi connectivity index (χ3v) is 4.47. The molecule has 0 saturated heterocycles. The van der Waals surface area contributed by atoms with Crippen molar-refractivity contribution in [1.29, 1.82) is 5.26 Å². The minimum atomic E-state index is -0.690. The number of anilines is 1. The highest BCUT2D eigenvalue weighted by Gasteiger charge is 2.16. The van der Waals surface area contributed by atoms with Gasteiger partial charge in [0.05, 0.1) is 28.9 Å². The predicted molar refractivity (Wildman–Crippen MR) is 98.8 cm³/mol. The van der Waals surface area contributed by atoms with Gasteiger partial charge in [-0.3, -0.25) is 9.08 Å². The van der Waals surface area contributed by atoms with Crippen LogP contribution in [0.4, 0.5) is 5.82 Å². The van der Waals surface area contributed by atoms with E-state index in [2.05, 4.69) is 21.5 Å². The van der Waals surface area contributed by atoms with E-state index in [4.69, 9.17) is 0 Å². The van der Waals surface area contributed by atoms with E-state index in [1.54, 1.807) is 17.1 Å². The Morgan fingerprint density at radius 3 is 2.88 bits per heavy atom. The minimum absolute atomic E-state index is 0.318. The molecule has 0 fully saturated rings. The topological polar surface area (TPSA) is 91.2 Å². The number of pyridine rings is 1. The van der Waals surface area contributed by atoms with Crippen LogP contribution in [0.3, 0.4) is 0 Å². The zero-order valence-electron chi connectivity index (χ0n) is 14.5. The van der Waals surface area contributed by atoms with E-state index < -0.39 is 6.10 Å². The number of aryl methyl sites for hydroxylation is 2. The molecule has 0 amide bonds. The van der Waals surface area contributed by atoms with Crippen molar-refractivity contribution in [3.63, 3.8) is 0 Å². The molecule has 7 nitrogen and oxygen atoms in total. The molecule has 0 aliphatic heterocycles.